The highest BCUT2D eigenvalue weighted by molar-refractivity contribution is 6.34. The van der Waals surface area contributed by atoms with E-state index < -0.39 is 11.5 Å². The van der Waals surface area contributed by atoms with Gasteiger partial charge in [-0.25, -0.2) is 4.68 Å². The maximum absolute atomic E-state index is 12.3. The summed E-state index contributed by atoms with van der Waals surface area (Å²) in [6, 6.07) is 5.51. The molecule has 0 saturated carbocycles. The molecule has 7 heteroatoms. The van der Waals surface area contributed by atoms with Crippen molar-refractivity contribution in [1.82, 2.24) is 9.78 Å². The number of nitriles is 1. The molecule has 0 saturated heterocycles. The van der Waals surface area contributed by atoms with E-state index in [0.717, 1.165) is 15.8 Å². The van der Waals surface area contributed by atoms with Crippen molar-refractivity contribution in [3.8, 4) is 6.07 Å². The summed E-state index contributed by atoms with van der Waals surface area (Å²) >= 11 is 6.16. The van der Waals surface area contributed by atoms with Gasteiger partial charge in [0.2, 0.25) is 5.91 Å². The van der Waals surface area contributed by atoms with E-state index in [2.05, 4.69) is 10.4 Å². The lowest BCUT2D eigenvalue weighted by atomic mass is 10.1. The Morgan fingerprint density at radius 3 is 2.58 bits per heavy atom. The second kappa shape index (κ2) is 6.85. The summed E-state index contributed by atoms with van der Waals surface area (Å²) in [5, 5.41) is 16.3. The highest BCUT2D eigenvalue weighted by atomic mass is 35.5. The molecule has 1 aromatic carbocycles. The van der Waals surface area contributed by atoms with Crippen LogP contribution in [0.3, 0.4) is 0 Å². The van der Waals surface area contributed by atoms with Gasteiger partial charge in [-0.05, 0) is 50.5 Å². The predicted molar refractivity (Wildman–Crippen MR) is 92.2 cm³/mol. The average molecular weight is 345 g/mol. The Kier molecular flexibility index (Phi) is 5.05. The van der Waals surface area contributed by atoms with E-state index in [-0.39, 0.29) is 12.1 Å². The normalized spacial score (nSPS) is 10.3. The van der Waals surface area contributed by atoms with Gasteiger partial charge in [-0.2, -0.15) is 10.4 Å². The van der Waals surface area contributed by atoms with Crippen molar-refractivity contribution in [2.45, 2.75) is 34.2 Å². The Bertz CT molecular complexity index is 902. The summed E-state index contributed by atoms with van der Waals surface area (Å²) in [5.41, 5.74) is 2.79. The van der Waals surface area contributed by atoms with E-state index in [1.807, 2.05) is 26.0 Å². The maximum atomic E-state index is 12.3. The van der Waals surface area contributed by atoms with Crippen molar-refractivity contribution in [1.29, 1.82) is 5.26 Å². The van der Waals surface area contributed by atoms with Gasteiger partial charge in [0.1, 0.15) is 18.2 Å². The number of rotatable bonds is 3. The van der Waals surface area contributed by atoms with Crippen molar-refractivity contribution >= 4 is 23.2 Å². The standard InChI is InChI=1S/C17H17ClN4O2/c1-9-5-10(2)16(14(18)6-9)20-15(23)8-22-17(24)13(7-19)11(3)12(4)21-22/h5-6H,8H2,1-4H3,(H,20,23). The van der Waals surface area contributed by atoms with Gasteiger partial charge in [0.15, 0.2) is 0 Å². The fourth-order valence-electron chi connectivity index (χ4n) is 2.40. The fourth-order valence-corrected chi connectivity index (χ4v) is 2.77. The summed E-state index contributed by atoms with van der Waals surface area (Å²) < 4.78 is 0.994. The number of nitrogens with zero attached hydrogens (tertiary/aromatic N) is 3. The molecular formula is C17H17ClN4O2. The fraction of sp³-hybridized carbons (Fsp3) is 0.294. The van der Waals surface area contributed by atoms with E-state index in [9.17, 15) is 9.59 Å². The lowest BCUT2D eigenvalue weighted by molar-refractivity contribution is -0.117. The number of amides is 1. The van der Waals surface area contributed by atoms with E-state index >= 15 is 0 Å². The number of anilines is 1. The topological polar surface area (TPSA) is 87.8 Å². The molecule has 0 atom stereocenters. The Balaban J connectivity index is 2.31. The zero-order chi connectivity index (χ0) is 18.0. The third-order valence-corrected chi connectivity index (χ3v) is 4.04. The van der Waals surface area contributed by atoms with Crippen molar-refractivity contribution < 1.29 is 4.79 Å². The van der Waals surface area contributed by atoms with E-state index in [4.69, 9.17) is 16.9 Å². The van der Waals surface area contributed by atoms with Gasteiger partial charge in [0, 0.05) is 0 Å². The molecule has 1 amide bonds. The highest BCUT2D eigenvalue weighted by Crippen LogP contribution is 2.27. The summed E-state index contributed by atoms with van der Waals surface area (Å²) in [5.74, 6) is -0.439. The number of benzene rings is 1. The second-order valence-corrected chi connectivity index (χ2v) is 6.05. The van der Waals surface area contributed by atoms with Crippen LogP contribution in [0.4, 0.5) is 5.69 Å². The number of carbonyl (C=O) groups is 1. The van der Waals surface area contributed by atoms with Crippen LogP contribution in [0.1, 0.15) is 27.9 Å². The van der Waals surface area contributed by atoms with Crippen LogP contribution in [0, 0.1) is 39.0 Å². The molecule has 1 heterocycles. The highest BCUT2D eigenvalue weighted by Gasteiger charge is 2.15. The van der Waals surface area contributed by atoms with Gasteiger partial charge in [0.05, 0.1) is 16.4 Å². The zero-order valence-electron chi connectivity index (χ0n) is 13.9. The molecule has 6 nitrogen and oxygen atoms in total. The number of halogens is 1. The van der Waals surface area contributed by atoms with E-state index in [1.54, 1.807) is 19.9 Å². The van der Waals surface area contributed by atoms with Crippen LogP contribution in [0.2, 0.25) is 5.02 Å². The van der Waals surface area contributed by atoms with Crippen LogP contribution in [0.5, 0.6) is 0 Å². The monoisotopic (exact) mass is 344 g/mol. The number of aryl methyl sites for hydroxylation is 3. The molecular weight excluding hydrogens is 328 g/mol. The summed E-state index contributed by atoms with van der Waals surface area (Å²) in [6.07, 6.45) is 0. The molecule has 124 valence electrons. The number of hydrogen-bond acceptors (Lipinski definition) is 4. The molecule has 2 aromatic rings. The smallest absolute Gasteiger partial charge is 0.285 e. The summed E-state index contributed by atoms with van der Waals surface area (Å²) in [4.78, 5) is 24.5. The average Bonchev–Trinajstić information content (AvgIpc) is 2.49. The molecule has 24 heavy (non-hydrogen) atoms. The largest absolute Gasteiger partial charge is 0.323 e. The molecule has 2 rings (SSSR count). The third kappa shape index (κ3) is 3.47. The lowest BCUT2D eigenvalue weighted by Gasteiger charge is -2.13. The Labute approximate surface area is 144 Å². The van der Waals surface area contributed by atoms with Gasteiger partial charge in [-0.1, -0.05) is 17.7 Å². The molecule has 1 N–H and O–H groups in total. The Morgan fingerprint density at radius 1 is 1.33 bits per heavy atom. The minimum Gasteiger partial charge on any atom is -0.323 e. The molecule has 0 radical (unpaired) electrons. The minimum atomic E-state index is -0.581. The van der Waals surface area contributed by atoms with Crippen LogP contribution in [-0.2, 0) is 11.3 Å². The molecule has 0 aliphatic heterocycles. The first-order chi connectivity index (χ1) is 11.2. The van der Waals surface area contributed by atoms with Gasteiger partial charge < -0.3 is 5.32 Å². The molecule has 0 unspecified atom stereocenters. The number of carbonyl (C=O) groups excluding carboxylic acids is 1. The molecule has 0 spiro atoms. The Hall–Kier alpha value is -2.65. The van der Waals surface area contributed by atoms with Crippen molar-refractivity contribution in [3.63, 3.8) is 0 Å². The van der Waals surface area contributed by atoms with Crippen molar-refractivity contribution in [2.24, 2.45) is 0 Å². The first kappa shape index (κ1) is 17.7. The van der Waals surface area contributed by atoms with Crippen LogP contribution < -0.4 is 10.9 Å². The maximum Gasteiger partial charge on any atom is 0.285 e. The van der Waals surface area contributed by atoms with E-state index in [1.165, 1.54) is 0 Å². The molecule has 0 aliphatic carbocycles. The number of aromatic nitrogens is 2. The molecule has 0 fully saturated rings. The third-order valence-electron chi connectivity index (χ3n) is 3.74. The number of nitrogens with one attached hydrogen (secondary N) is 1. The summed E-state index contributed by atoms with van der Waals surface area (Å²) in [7, 11) is 0. The second-order valence-electron chi connectivity index (χ2n) is 5.65. The zero-order valence-corrected chi connectivity index (χ0v) is 14.7. The minimum absolute atomic E-state index is 0.000140. The lowest BCUT2D eigenvalue weighted by Crippen LogP contribution is -2.32. The molecule has 0 bridgehead atoms. The van der Waals surface area contributed by atoms with Crippen molar-refractivity contribution in [2.75, 3.05) is 5.32 Å². The molecule has 1 aromatic heterocycles. The quantitative estimate of drug-likeness (QED) is 0.927. The van der Waals surface area contributed by atoms with Gasteiger partial charge >= 0.3 is 0 Å². The Morgan fingerprint density at radius 2 is 2.00 bits per heavy atom. The number of hydrogen-bond donors (Lipinski definition) is 1. The summed E-state index contributed by atoms with van der Waals surface area (Å²) in [6.45, 7) is 6.79. The first-order valence-corrected chi connectivity index (χ1v) is 7.67. The molecule has 0 aliphatic rings. The van der Waals surface area contributed by atoms with Crippen LogP contribution >= 0.6 is 11.6 Å². The van der Waals surface area contributed by atoms with Gasteiger partial charge in [-0.15, -0.1) is 0 Å². The predicted octanol–water partition coefficient (Wildman–Crippen LogP) is 2.64. The van der Waals surface area contributed by atoms with Gasteiger partial charge in [0.25, 0.3) is 5.56 Å². The SMILES string of the molecule is Cc1cc(C)c(NC(=O)Cn2nc(C)c(C)c(C#N)c2=O)c(Cl)c1. The van der Waals surface area contributed by atoms with Crippen LogP contribution in [0.25, 0.3) is 0 Å². The van der Waals surface area contributed by atoms with Crippen molar-refractivity contribution in [3.05, 3.63) is 55.5 Å². The first-order valence-electron chi connectivity index (χ1n) is 7.29. The van der Waals surface area contributed by atoms with E-state index in [0.29, 0.717) is 22.0 Å². The van der Waals surface area contributed by atoms with Gasteiger partial charge in [-0.3, -0.25) is 9.59 Å². The van der Waals surface area contributed by atoms with Crippen LogP contribution in [0.15, 0.2) is 16.9 Å². The van der Waals surface area contributed by atoms with Crippen LogP contribution in [-0.4, -0.2) is 15.7 Å².